The molecule has 0 aromatic carbocycles. The Morgan fingerprint density at radius 2 is 2.45 bits per heavy atom. The molecule has 0 aliphatic carbocycles. The molecule has 0 aliphatic heterocycles. The van der Waals surface area contributed by atoms with Crippen LogP contribution in [0.25, 0.3) is 0 Å². The van der Waals surface area contributed by atoms with Crippen molar-refractivity contribution in [2.24, 2.45) is 5.73 Å². The van der Waals surface area contributed by atoms with E-state index in [4.69, 9.17) is 5.73 Å². The van der Waals surface area contributed by atoms with E-state index in [1.807, 2.05) is 25.4 Å². The Bertz CT molecular complexity index is 193. The molecule has 0 spiro atoms. The molecule has 1 unspecified atom stereocenters. The number of anilines is 1. The number of hydrogen-bond acceptors (Lipinski definition) is 2. The molecule has 1 rings (SSSR count). The summed E-state index contributed by atoms with van der Waals surface area (Å²) in [6, 6.07) is 4.40. The normalized spacial score (nSPS) is 13.0. The molecule has 0 saturated heterocycles. The standard InChI is InChI=1S/C8H15N3/c1-7(6-9)11(2)8-4-3-5-10-8/h3-5,7,10H,6,9H2,1-2H3. The summed E-state index contributed by atoms with van der Waals surface area (Å²) in [5.74, 6) is 1.11. The van der Waals surface area contributed by atoms with Crippen molar-refractivity contribution in [3.8, 4) is 0 Å². The summed E-state index contributed by atoms with van der Waals surface area (Å²) in [7, 11) is 2.03. The summed E-state index contributed by atoms with van der Waals surface area (Å²) in [5.41, 5.74) is 5.52. The van der Waals surface area contributed by atoms with Gasteiger partial charge in [0, 0.05) is 25.8 Å². The molecule has 11 heavy (non-hydrogen) atoms. The predicted octanol–water partition coefficient (Wildman–Crippen LogP) is 0.798. The third-order valence-corrected chi connectivity index (χ3v) is 1.96. The summed E-state index contributed by atoms with van der Waals surface area (Å²) < 4.78 is 0. The summed E-state index contributed by atoms with van der Waals surface area (Å²) in [5, 5.41) is 0. The van der Waals surface area contributed by atoms with Crippen molar-refractivity contribution in [3.63, 3.8) is 0 Å². The Hall–Kier alpha value is -0.960. The molecule has 0 aliphatic rings. The average molecular weight is 153 g/mol. The van der Waals surface area contributed by atoms with Gasteiger partial charge in [0.1, 0.15) is 5.82 Å². The third kappa shape index (κ3) is 1.74. The van der Waals surface area contributed by atoms with Crippen molar-refractivity contribution < 1.29 is 0 Å². The summed E-state index contributed by atoms with van der Waals surface area (Å²) in [6.07, 6.45) is 1.91. The van der Waals surface area contributed by atoms with Crippen LogP contribution < -0.4 is 10.6 Å². The zero-order chi connectivity index (χ0) is 8.27. The van der Waals surface area contributed by atoms with Gasteiger partial charge in [-0.1, -0.05) is 0 Å². The fourth-order valence-electron chi connectivity index (χ4n) is 0.936. The molecule has 3 N–H and O–H groups in total. The van der Waals surface area contributed by atoms with Gasteiger partial charge < -0.3 is 15.6 Å². The molecular weight excluding hydrogens is 138 g/mol. The van der Waals surface area contributed by atoms with E-state index in [1.54, 1.807) is 0 Å². The molecule has 0 radical (unpaired) electrons. The first-order valence-electron chi connectivity index (χ1n) is 3.82. The first-order valence-corrected chi connectivity index (χ1v) is 3.82. The van der Waals surface area contributed by atoms with E-state index in [-0.39, 0.29) is 0 Å². The first-order chi connectivity index (χ1) is 5.25. The van der Waals surface area contributed by atoms with Crippen LogP contribution in [0.3, 0.4) is 0 Å². The molecule has 0 saturated carbocycles. The van der Waals surface area contributed by atoms with E-state index in [0.29, 0.717) is 12.6 Å². The van der Waals surface area contributed by atoms with Crippen LogP contribution in [-0.2, 0) is 0 Å². The lowest BCUT2D eigenvalue weighted by atomic mass is 10.3. The van der Waals surface area contributed by atoms with Gasteiger partial charge in [0.15, 0.2) is 0 Å². The maximum absolute atomic E-state index is 5.52. The zero-order valence-corrected chi connectivity index (χ0v) is 7.04. The molecule has 3 nitrogen and oxygen atoms in total. The second kappa shape index (κ2) is 3.44. The highest BCUT2D eigenvalue weighted by atomic mass is 15.2. The number of aromatic nitrogens is 1. The fraction of sp³-hybridized carbons (Fsp3) is 0.500. The Morgan fingerprint density at radius 3 is 2.91 bits per heavy atom. The van der Waals surface area contributed by atoms with Gasteiger partial charge in [-0.2, -0.15) is 0 Å². The maximum Gasteiger partial charge on any atom is 0.105 e. The lowest BCUT2D eigenvalue weighted by Crippen LogP contribution is -2.35. The predicted molar refractivity (Wildman–Crippen MR) is 47.7 cm³/mol. The minimum Gasteiger partial charge on any atom is -0.357 e. The van der Waals surface area contributed by atoms with E-state index in [1.165, 1.54) is 0 Å². The monoisotopic (exact) mass is 153 g/mol. The van der Waals surface area contributed by atoms with E-state index in [9.17, 15) is 0 Å². The Morgan fingerprint density at radius 1 is 1.73 bits per heavy atom. The van der Waals surface area contributed by atoms with Crippen molar-refractivity contribution in [1.29, 1.82) is 0 Å². The second-order valence-corrected chi connectivity index (χ2v) is 2.75. The lowest BCUT2D eigenvalue weighted by Gasteiger charge is -2.23. The van der Waals surface area contributed by atoms with Crippen LogP contribution in [0.1, 0.15) is 6.92 Å². The second-order valence-electron chi connectivity index (χ2n) is 2.75. The van der Waals surface area contributed by atoms with Crippen molar-refractivity contribution in [2.75, 3.05) is 18.5 Å². The number of rotatable bonds is 3. The largest absolute Gasteiger partial charge is 0.357 e. The highest BCUT2D eigenvalue weighted by Crippen LogP contribution is 2.09. The van der Waals surface area contributed by atoms with Gasteiger partial charge in [-0.15, -0.1) is 0 Å². The van der Waals surface area contributed by atoms with E-state index >= 15 is 0 Å². The van der Waals surface area contributed by atoms with Crippen molar-refractivity contribution in [1.82, 2.24) is 4.98 Å². The fourth-order valence-corrected chi connectivity index (χ4v) is 0.936. The van der Waals surface area contributed by atoms with Crippen molar-refractivity contribution in [3.05, 3.63) is 18.3 Å². The zero-order valence-electron chi connectivity index (χ0n) is 7.04. The minimum absolute atomic E-state index is 0.383. The van der Waals surface area contributed by atoms with Gasteiger partial charge in [-0.05, 0) is 19.1 Å². The molecule has 0 bridgehead atoms. The lowest BCUT2D eigenvalue weighted by molar-refractivity contribution is 0.689. The Balaban J connectivity index is 2.62. The average Bonchev–Trinajstić information content (AvgIpc) is 2.53. The topological polar surface area (TPSA) is 45.0 Å². The SMILES string of the molecule is CC(CN)N(C)c1ccc[nH]1. The summed E-state index contributed by atoms with van der Waals surface area (Å²) in [6.45, 7) is 2.77. The molecule has 3 heteroatoms. The Labute approximate surface area is 67.2 Å². The van der Waals surface area contributed by atoms with Crippen LogP contribution in [0.15, 0.2) is 18.3 Å². The molecule has 1 aromatic rings. The van der Waals surface area contributed by atoms with Crippen molar-refractivity contribution in [2.45, 2.75) is 13.0 Å². The number of likely N-dealkylation sites (N-methyl/N-ethyl adjacent to an activating group) is 1. The van der Waals surface area contributed by atoms with Crippen molar-refractivity contribution >= 4 is 5.82 Å². The molecule has 0 amide bonds. The van der Waals surface area contributed by atoms with Gasteiger partial charge in [0.05, 0.1) is 0 Å². The van der Waals surface area contributed by atoms with Gasteiger partial charge in [-0.25, -0.2) is 0 Å². The molecule has 62 valence electrons. The number of H-pyrrole nitrogens is 1. The first kappa shape index (κ1) is 8.14. The summed E-state index contributed by atoms with van der Waals surface area (Å²) in [4.78, 5) is 5.25. The smallest absolute Gasteiger partial charge is 0.105 e. The number of hydrogen-bond donors (Lipinski definition) is 2. The molecule has 1 atom stereocenters. The van der Waals surface area contributed by atoms with E-state index < -0.39 is 0 Å². The van der Waals surface area contributed by atoms with Crippen LogP contribution in [0.4, 0.5) is 5.82 Å². The number of aromatic amines is 1. The summed E-state index contributed by atoms with van der Waals surface area (Å²) >= 11 is 0. The highest BCUT2D eigenvalue weighted by molar-refractivity contribution is 5.38. The highest BCUT2D eigenvalue weighted by Gasteiger charge is 2.06. The van der Waals surface area contributed by atoms with E-state index in [0.717, 1.165) is 5.82 Å². The van der Waals surface area contributed by atoms with Gasteiger partial charge in [0.2, 0.25) is 0 Å². The quantitative estimate of drug-likeness (QED) is 0.674. The number of nitrogens with one attached hydrogen (secondary N) is 1. The number of nitrogens with two attached hydrogens (primary N) is 1. The number of nitrogens with zero attached hydrogens (tertiary/aromatic N) is 1. The third-order valence-electron chi connectivity index (χ3n) is 1.96. The van der Waals surface area contributed by atoms with Gasteiger partial charge in [-0.3, -0.25) is 0 Å². The molecule has 1 aromatic heterocycles. The maximum atomic E-state index is 5.52. The molecule has 1 heterocycles. The van der Waals surface area contributed by atoms with Gasteiger partial charge >= 0.3 is 0 Å². The van der Waals surface area contributed by atoms with Crippen LogP contribution >= 0.6 is 0 Å². The van der Waals surface area contributed by atoms with Gasteiger partial charge in [0.25, 0.3) is 0 Å². The Kier molecular flexibility index (Phi) is 2.54. The minimum atomic E-state index is 0.383. The molecular formula is C8H15N3. The molecule has 0 fully saturated rings. The van der Waals surface area contributed by atoms with Crippen LogP contribution in [0.2, 0.25) is 0 Å². The van der Waals surface area contributed by atoms with Crippen LogP contribution in [-0.4, -0.2) is 24.6 Å². The van der Waals surface area contributed by atoms with Crippen LogP contribution in [0.5, 0.6) is 0 Å². The van der Waals surface area contributed by atoms with E-state index in [2.05, 4.69) is 16.8 Å². The van der Waals surface area contributed by atoms with Crippen LogP contribution in [0, 0.1) is 0 Å².